The number of aromatic nitrogens is 2. The van der Waals surface area contributed by atoms with Gasteiger partial charge in [0.2, 0.25) is 0 Å². The Balaban J connectivity index is 2.31. The van der Waals surface area contributed by atoms with Crippen LogP contribution in [0.1, 0.15) is 63.9 Å². The first kappa shape index (κ1) is 10.7. The molecule has 1 heterocycles. The molecular formula is C13H22N2. The molecule has 0 spiro atoms. The van der Waals surface area contributed by atoms with E-state index in [9.17, 15) is 0 Å². The number of nitrogens with zero attached hydrogens (tertiary/aromatic N) is 2. The lowest BCUT2D eigenvalue weighted by atomic mass is 9.91. The molecule has 15 heavy (non-hydrogen) atoms. The van der Waals surface area contributed by atoms with Crippen molar-refractivity contribution in [1.29, 1.82) is 0 Å². The van der Waals surface area contributed by atoms with Crippen molar-refractivity contribution < 1.29 is 0 Å². The summed E-state index contributed by atoms with van der Waals surface area (Å²) in [5.74, 6) is 0. The monoisotopic (exact) mass is 206 g/mol. The highest BCUT2D eigenvalue weighted by Gasteiger charge is 2.24. The lowest BCUT2D eigenvalue weighted by Crippen LogP contribution is -2.15. The van der Waals surface area contributed by atoms with Crippen LogP contribution in [0.5, 0.6) is 0 Å². The van der Waals surface area contributed by atoms with E-state index in [1.165, 1.54) is 37.1 Å². The van der Waals surface area contributed by atoms with Gasteiger partial charge in [0.15, 0.2) is 0 Å². The maximum atomic E-state index is 4.59. The summed E-state index contributed by atoms with van der Waals surface area (Å²) in [6, 6.07) is 0.716. The number of hydrogen-bond acceptors (Lipinski definition) is 1. The standard InChI is InChI=1S/C13H22N2/c1-10-12(13(2,3)4)14-9-15(10)11-7-5-6-8-11/h9,11H,5-8H2,1-4H3. The quantitative estimate of drug-likeness (QED) is 0.686. The van der Waals surface area contributed by atoms with Gasteiger partial charge in [-0.15, -0.1) is 0 Å². The zero-order valence-corrected chi connectivity index (χ0v) is 10.4. The SMILES string of the molecule is Cc1c(C(C)(C)C)ncn1C1CCCC1. The topological polar surface area (TPSA) is 17.8 Å². The third-order valence-corrected chi connectivity index (χ3v) is 3.47. The fourth-order valence-electron chi connectivity index (χ4n) is 2.71. The molecule has 2 rings (SSSR count). The molecule has 0 unspecified atom stereocenters. The smallest absolute Gasteiger partial charge is 0.0954 e. The highest BCUT2D eigenvalue weighted by Crippen LogP contribution is 2.33. The predicted molar refractivity (Wildman–Crippen MR) is 63.2 cm³/mol. The van der Waals surface area contributed by atoms with Crippen LogP contribution < -0.4 is 0 Å². The molecule has 0 radical (unpaired) electrons. The molecule has 1 aromatic rings. The van der Waals surface area contributed by atoms with Gasteiger partial charge in [-0.25, -0.2) is 4.98 Å². The van der Waals surface area contributed by atoms with Gasteiger partial charge in [0.25, 0.3) is 0 Å². The Kier molecular flexibility index (Phi) is 2.61. The molecule has 0 bridgehead atoms. The zero-order chi connectivity index (χ0) is 11.1. The van der Waals surface area contributed by atoms with Gasteiger partial charge in [0.05, 0.1) is 12.0 Å². The minimum absolute atomic E-state index is 0.175. The summed E-state index contributed by atoms with van der Waals surface area (Å²) < 4.78 is 2.40. The van der Waals surface area contributed by atoms with Crippen molar-refractivity contribution in [3.05, 3.63) is 17.7 Å². The maximum Gasteiger partial charge on any atom is 0.0954 e. The van der Waals surface area contributed by atoms with E-state index in [-0.39, 0.29) is 5.41 Å². The Morgan fingerprint density at radius 1 is 1.27 bits per heavy atom. The summed E-state index contributed by atoms with van der Waals surface area (Å²) in [5.41, 5.74) is 2.80. The Morgan fingerprint density at radius 3 is 2.33 bits per heavy atom. The lowest BCUT2D eigenvalue weighted by Gasteiger charge is -2.19. The molecular weight excluding hydrogens is 184 g/mol. The molecule has 2 heteroatoms. The second-order valence-corrected chi connectivity index (χ2v) is 5.77. The van der Waals surface area contributed by atoms with Crippen molar-refractivity contribution in [1.82, 2.24) is 9.55 Å². The van der Waals surface area contributed by atoms with E-state index >= 15 is 0 Å². The van der Waals surface area contributed by atoms with Crippen LogP contribution in [-0.2, 0) is 5.41 Å². The molecule has 2 nitrogen and oxygen atoms in total. The minimum atomic E-state index is 0.175. The van der Waals surface area contributed by atoms with Gasteiger partial charge in [-0.2, -0.15) is 0 Å². The highest BCUT2D eigenvalue weighted by atomic mass is 15.1. The van der Waals surface area contributed by atoms with Crippen molar-refractivity contribution in [2.75, 3.05) is 0 Å². The second kappa shape index (κ2) is 3.66. The van der Waals surface area contributed by atoms with Gasteiger partial charge in [-0.3, -0.25) is 0 Å². The van der Waals surface area contributed by atoms with Crippen LogP contribution in [0.4, 0.5) is 0 Å². The molecule has 0 saturated heterocycles. The van der Waals surface area contributed by atoms with Crippen LogP contribution in [0.15, 0.2) is 6.33 Å². The largest absolute Gasteiger partial charge is 0.332 e. The number of imidazole rings is 1. The Hall–Kier alpha value is -0.790. The molecule has 0 atom stereocenters. The van der Waals surface area contributed by atoms with Gasteiger partial charge >= 0.3 is 0 Å². The summed E-state index contributed by atoms with van der Waals surface area (Å²) in [6.07, 6.45) is 7.48. The first-order chi connectivity index (χ1) is 7.00. The second-order valence-electron chi connectivity index (χ2n) is 5.77. The summed E-state index contributed by atoms with van der Waals surface area (Å²) in [7, 11) is 0. The van der Waals surface area contributed by atoms with Crippen LogP contribution >= 0.6 is 0 Å². The lowest BCUT2D eigenvalue weighted by molar-refractivity contribution is 0.501. The molecule has 1 aliphatic rings. The summed E-state index contributed by atoms with van der Waals surface area (Å²) in [5, 5.41) is 0. The van der Waals surface area contributed by atoms with E-state index in [4.69, 9.17) is 0 Å². The molecule has 1 saturated carbocycles. The Labute approximate surface area is 92.7 Å². The van der Waals surface area contributed by atoms with Gasteiger partial charge < -0.3 is 4.57 Å². The molecule has 0 N–H and O–H groups in total. The van der Waals surface area contributed by atoms with Crippen molar-refractivity contribution >= 4 is 0 Å². The number of rotatable bonds is 1. The van der Waals surface area contributed by atoms with Crippen molar-refractivity contribution in [3.8, 4) is 0 Å². The minimum Gasteiger partial charge on any atom is -0.332 e. The highest BCUT2D eigenvalue weighted by molar-refractivity contribution is 5.20. The summed E-state index contributed by atoms with van der Waals surface area (Å²) in [4.78, 5) is 4.59. The molecule has 0 amide bonds. The van der Waals surface area contributed by atoms with E-state index in [1.807, 2.05) is 6.33 Å². The van der Waals surface area contributed by atoms with Gasteiger partial charge in [0, 0.05) is 17.2 Å². The van der Waals surface area contributed by atoms with Crippen LogP contribution in [0, 0.1) is 6.92 Å². The molecule has 1 fully saturated rings. The van der Waals surface area contributed by atoms with Crippen LogP contribution in [0.25, 0.3) is 0 Å². The van der Waals surface area contributed by atoms with E-state index in [0.29, 0.717) is 6.04 Å². The molecule has 1 aliphatic carbocycles. The predicted octanol–water partition coefficient (Wildman–Crippen LogP) is 3.60. The van der Waals surface area contributed by atoms with E-state index in [0.717, 1.165) is 0 Å². The van der Waals surface area contributed by atoms with Gasteiger partial charge in [-0.1, -0.05) is 33.6 Å². The number of hydrogen-bond donors (Lipinski definition) is 0. The molecule has 0 aliphatic heterocycles. The third-order valence-electron chi connectivity index (χ3n) is 3.47. The van der Waals surface area contributed by atoms with Crippen molar-refractivity contribution in [2.24, 2.45) is 0 Å². The van der Waals surface area contributed by atoms with E-state index in [2.05, 4.69) is 37.2 Å². The Bertz CT molecular complexity index is 338. The van der Waals surface area contributed by atoms with Crippen molar-refractivity contribution in [3.63, 3.8) is 0 Å². The van der Waals surface area contributed by atoms with Crippen LogP contribution in [-0.4, -0.2) is 9.55 Å². The Morgan fingerprint density at radius 2 is 1.87 bits per heavy atom. The normalized spacial score (nSPS) is 18.7. The van der Waals surface area contributed by atoms with E-state index < -0.39 is 0 Å². The zero-order valence-electron chi connectivity index (χ0n) is 10.4. The van der Waals surface area contributed by atoms with Gasteiger partial charge in [-0.05, 0) is 19.8 Å². The molecule has 1 aromatic heterocycles. The van der Waals surface area contributed by atoms with Gasteiger partial charge in [0.1, 0.15) is 0 Å². The first-order valence-corrected chi connectivity index (χ1v) is 6.04. The molecule has 84 valence electrons. The first-order valence-electron chi connectivity index (χ1n) is 6.04. The average molecular weight is 206 g/mol. The van der Waals surface area contributed by atoms with E-state index in [1.54, 1.807) is 0 Å². The molecule has 0 aromatic carbocycles. The third kappa shape index (κ3) is 1.95. The summed E-state index contributed by atoms with van der Waals surface area (Å²) >= 11 is 0. The van der Waals surface area contributed by atoms with Crippen molar-refractivity contribution in [2.45, 2.75) is 64.8 Å². The van der Waals surface area contributed by atoms with Crippen LogP contribution in [0.2, 0.25) is 0 Å². The summed E-state index contributed by atoms with van der Waals surface area (Å²) in [6.45, 7) is 8.93. The van der Waals surface area contributed by atoms with Crippen LogP contribution in [0.3, 0.4) is 0 Å². The maximum absolute atomic E-state index is 4.59. The average Bonchev–Trinajstić information content (AvgIpc) is 2.69. The fourth-order valence-corrected chi connectivity index (χ4v) is 2.71. The fraction of sp³-hybridized carbons (Fsp3) is 0.769.